The smallest absolute Gasteiger partial charge is 0.304 e. The highest BCUT2D eigenvalue weighted by Gasteiger charge is 1.99. The fraction of sp³-hybridized carbons (Fsp3) is 0.941. The van der Waals surface area contributed by atoms with Gasteiger partial charge >= 0.3 is 11.9 Å². The van der Waals surface area contributed by atoms with Gasteiger partial charge in [0, 0.05) is 11.5 Å². The number of carboxylic acids is 2. The Morgan fingerprint density at radius 3 is 0.718 bits per heavy atom. The SMILES string of the molecule is CCCCCCCCCCCCCC.CCCCCCCCCCCCCC.O=C(O)CCSCCC(=O)O. The molecule has 0 heterocycles. The van der Waals surface area contributed by atoms with Crippen LogP contribution >= 0.6 is 11.8 Å². The Morgan fingerprint density at radius 2 is 0.564 bits per heavy atom. The number of hydrogen-bond donors (Lipinski definition) is 2. The molecule has 0 saturated carbocycles. The van der Waals surface area contributed by atoms with Crippen LogP contribution in [0.25, 0.3) is 0 Å². The van der Waals surface area contributed by atoms with Gasteiger partial charge in [0.1, 0.15) is 0 Å². The van der Waals surface area contributed by atoms with Crippen molar-refractivity contribution < 1.29 is 19.8 Å². The van der Waals surface area contributed by atoms with Crippen molar-refractivity contribution in [3.05, 3.63) is 0 Å². The van der Waals surface area contributed by atoms with Crippen molar-refractivity contribution in [2.45, 2.75) is 195 Å². The summed E-state index contributed by atoms with van der Waals surface area (Å²) in [7, 11) is 0. The summed E-state index contributed by atoms with van der Waals surface area (Å²) < 4.78 is 0. The highest BCUT2D eigenvalue weighted by molar-refractivity contribution is 7.99. The van der Waals surface area contributed by atoms with E-state index in [0.717, 1.165) is 0 Å². The molecule has 0 amide bonds. The molecule has 0 aromatic rings. The minimum Gasteiger partial charge on any atom is -0.481 e. The molecule has 0 aliphatic rings. The number of aliphatic carboxylic acids is 2. The first kappa shape index (κ1) is 42.8. The zero-order valence-corrected chi connectivity index (χ0v) is 27.7. The van der Waals surface area contributed by atoms with Crippen LogP contribution in [-0.4, -0.2) is 33.7 Å². The lowest BCUT2D eigenvalue weighted by atomic mass is 10.1. The summed E-state index contributed by atoms with van der Waals surface area (Å²) in [6, 6.07) is 0. The third-order valence-electron chi connectivity index (χ3n) is 6.83. The molecular weight excluding hydrogens is 504 g/mol. The largest absolute Gasteiger partial charge is 0.481 e. The molecule has 0 spiro atoms. The Labute approximate surface area is 249 Å². The highest BCUT2D eigenvalue weighted by atomic mass is 32.2. The van der Waals surface area contributed by atoms with Gasteiger partial charge in [-0.2, -0.15) is 11.8 Å². The number of carbonyl (C=O) groups is 2. The van der Waals surface area contributed by atoms with Crippen LogP contribution in [0.1, 0.15) is 195 Å². The number of thioether (sulfide) groups is 1. The lowest BCUT2D eigenvalue weighted by molar-refractivity contribution is -0.137. The van der Waals surface area contributed by atoms with E-state index in [4.69, 9.17) is 10.2 Å². The fourth-order valence-electron chi connectivity index (χ4n) is 4.25. The fourth-order valence-corrected chi connectivity index (χ4v) is 5.09. The Hall–Kier alpha value is -0.710. The summed E-state index contributed by atoms with van der Waals surface area (Å²) in [6.07, 6.45) is 35.1. The van der Waals surface area contributed by atoms with Crippen molar-refractivity contribution in [1.82, 2.24) is 0 Å². The first-order chi connectivity index (χ1) is 19.0. The third-order valence-corrected chi connectivity index (χ3v) is 7.82. The second-order valence-corrected chi connectivity index (χ2v) is 12.2. The molecular formula is C34H70O4S. The molecule has 0 radical (unpaired) electrons. The minimum atomic E-state index is -0.840. The molecule has 0 aliphatic carbocycles. The van der Waals surface area contributed by atoms with Crippen LogP contribution in [0.4, 0.5) is 0 Å². The minimum absolute atomic E-state index is 0.101. The maximum Gasteiger partial charge on any atom is 0.304 e. The number of carboxylic acid groups (broad SMARTS) is 2. The lowest BCUT2D eigenvalue weighted by Crippen LogP contribution is -1.99. The normalized spacial score (nSPS) is 10.4. The monoisotopic (exact) mass is 574 g/mol. The Bertz CT molecular complexity index is 392. The van der Waals surface area contributed by atoms with E-state index in [2.05, 4.69) is 27.7 Å². The summed E-state index contributed by atoms with van der Waals surface area (Å²) in [5, 5.41) is 16.4. The van der Waals surface area contributed by atoms with Crippen LogP contribution in [0.3, 0.4) is 0 Å². The molecule has 5 heteroatoms. The van der Waals surface area contributed by atoms with E-state index in [1.54, 1.807) is 0 Å². The summed E-state index contributed by atoms with van der Waals surface area (Å²) in [6.45, 7) is 9.14. The van der Waals surface area contributed by atoms with Gasteiger partial charge in [0.25, 0.3) is 0 Å². The first-order valence-corrected chi connectivity index (χ1v) is 18.1. The van der Waals surface area contributed by atoms with Crippen LogP contribution in [0.2, 0.25) is 0 Å². The van der Waals surface area contributed by atoms with E-state index < -0.39 is 11.9 Å². The lowest BCUT2D eigenvalue weighted by Gasteiger charge is -2.01. The summed E-state index contributed by atoms with van der Waals surface area (Å²) in [5.74, 6) is -0.703. The van der Waals surface area contributed by atoms with Gasteiger partial charge in [0.05, 0.1) is 12.8 Å². The number of hydrogen-bond acceptors (Lipinski definition) is 3. The average molecular weight is 575 g/mol. The van der Waals surface area contributed by atoms with Crippen LogP contribution in [0.5, 0.6) is 0 Å². The molecule has 0 bridgehead atoms. The van der Waals surface area contributed by atoms with Crippen LogP contribution in [-0.2, 0) is 9.59 Å². The van der Waals surface area contributed by atoms with Crippen molar-refractivity contribution >= 4 is 23.7 Å². The number of unbranched alkanes of at least 4 members (excludes halogenated alkanes) is 22. The first-order valence-electron chi connectivity index (χ1n) is 17.0. The van der Waals surface area contributed by atoms with Gasteiger partial charge < -0.3 is 10.2 Å². The predicted molar refractivity (Wildman–Crippen MR) is 175 cm³/mol. The van der Waals surface area contributed by atoms with Crippen molar-refractivity contribution in [3.8, 4) is 0 Å². The Kier molecular flexibility index (Phi) is 45.8. The van der Waals surface area contributed by atoms with E-state index in [1.165, 1.54) is 166 Å². The van der Waals surface area contributed by atoms with Crippen molar-refractivity contribution in [1.29, 1.82) is 0 Å². The second-order valence-electron chi connectivity index (χ2n) is 11.0. The van der Waals surface area contributed by atoms with E-state index >= 15 is 0 Å². The van der Waals surface area contributed by atoms with E-state index in [-0.39, 0.29) is 12.8 Å². The highest BCUT2D eigenvalue weighted by Crippen LogP contribution is 2.12. The Morgan fingerprint density at radius 1 is 0.385 bits per heavy atom. The van der Waals surface area contributed by atoms with Gasteiger partial charge in [-0.25, -0.2) is 0 Å². The van der Waals surface area contributed by atoms with Gasteiger partial charge in [0.15, 0.2) is 0 Å². The third kappa shape index (κ3) is 54.1. The van der Waals surface area contributed by atoms with Gasteiger partial charge in [-0.05, 0) is 0 Å². The molecule has 0 saturated heterocycles. The molecule has 236 valence electrons. The van der Waals surface area contributed by atoms with Crippen molar-refractivity contribution in [2.75, 3.05) is 11.5 Å². The van der Waals surface area contributed by atoms with Gasteiger partial charge in [-0.3, -0.25) is 9.59 Å². The quantitative estimate of drug-likeness (QED) is 0.0909. The van der Waals surface area contributed by atoms with Crippen molar-refractivity contribution in [2.24, 2.45) is 0 Å². The van der Waals surface area contributed by atoms with Gasteiger partial charge in [0.2, 0.25) is 0 Å². The molecule has 4 nitrogen and oxygen atoms in total. The van der Waals surface area contributed by atoms with Gasteiger partial charge in [-0.15, -0.1) is 0 Å². The van der Waals surface area contributed by atoms with Crippen molar-refractivity contribution in [3.63, 3.8) is 0 Å². The maximum atomic E-state index is 9.97. The molecule has 39 heavy (non-hydrogen) atoms. The summed E-state index contributed by atoms with van der Waals surface area (Å²) in [4.78, 5) is 19.9. The zero-order chi connectivity index (χ0) is 29.7. The molecule has 0 unspecified atom stereocenters. The van der Waals surface area contributed by atoms with E-state index in [9.17, 15) is 9.59 Å². The summed E-state index contributed by atoms with van der Waals surface area (Å²) in [5.41, 5.74) is 0. The average Bonchev–Trinajstić information content (AvgIpc) is 2.91. The molecule has 0 rings (SSSR count). The zero-order valence-electron chi connectivity index (χ0n) is 26.9. The maximum absolute atomic E-state index is 9.97. The second kappa shape index (κ2) is 41.8. The predicted octanol–water partition coefficient (Wildman–Crippen LogP) is 12.1. The topological polar surface area (TPSA) is 74.6 Å². The molecule has 0 fully saturated rings. The van der Waals surface area contributed by atoms with Crippen LogP contribution in [0, 0.1) is 0 Å². The van der Waals surface area contributed by atoms with E-state index in [1.807, 2.05) is 0 Å². The van der Waals surface area contributed by atoms with Gasteiger partial charge in [-0.1, -0.05) is 182 Å². The molecule has 2 N–H and O–H groups in total. The molecule has 0 atom stereocenters. The number of rotatable bonds is 28. The summed E-state index contributed by atoms with van der Waals surface area (Å²) >= 11 is 1.35. The van der Waals surface area contributed by atoms with Crippen LogP contribution < -0.4 is 0 Å². The molecule has 0 aromatic heterocycles. The Balaban J connectivity index is -0.000000503. The van der Waals surface area contributed by atoms with E-state index in [0.29, 0.717) is 11.5 Å². The molecule has 0 aliphatic heterocycles. The standard InChI is InChI=1S/2C14H30.C6H10O4S/c2*1-3-5-7-9-11-13-14-12-10-8-6-4-2;7-5(8)1-3-11-4-2-6(9)10/h2*3-14H2,1-2H3;1-4H2,(H,7,8)(H,9,10). The van der Waals surface area contributed by atoms with Crippen LogP contribution in [0.15, 0.2) is 0 Å². The molecule has 0 aromatic carbocycles.